The zero-order chi connectivity index (χ0) is 16.0. The first-order valence-corrected chi connectivity index (χ1v) is 7.46. The zero-order valence-electron chi connectivity index (χ0n) is 14.0. The van der Waals surface area contributed by atoms with Crippen molar-refractivity contribution in [3.05, 3.63) is 34.9 Å². The van der Waals surface area contributed by atoms with E-state index < -0.39 is 5.60 Å². The lowest BCUT2D eigenvalue weighted by Crippen LogP contribution is -2.37. The number of carbonyl (C=O) groups is 1. The van der Waals surface area contributed by atoms with Crippen LogP contribution in [0.4, 0.5) is 4.79 Å². The molecule has 0 aliphatic heterocycles. The van der Waals surface area contributed by atoms with E-state index in [0.717, 1.165) is 0 Å². The van der Waals surface area contributed by atoms with Crippen molar-refractivity contribution in [3.63, 3.8) is 0 Å². The van der Waals surface area contributed by atoms with Crippen molar-refractivity contribution < 1.29 is 9.53 Å². The Morgan fingerprint density at radius 3 is 2.52 bits per heavy atom. The highest BCUT2D eigenvalue weighted by molar-refractivity contribution is 5.67. The molecule has 0 fully saturated rings. The van der Waals surface area contributed by atoms with Gasteiger partial charge in [-0.3, -0.25) is 0 Å². The average molecular weight is 292 g/mol. The van der Waals surface area contributed by atoms with E-state index in [1.165, 1.54) is 16.7 Å². The van der Waals surface area contributed by atoms with Crippen molar-refractivity contribution in [1.29, 1.82) is 0 Å². The van der Waals surface area contributed by atoms with Gasteiger partial charge < -0.3 is 15.4 Å². The van der Waals surface area contributed by atoms with Gasteiger partial charge in [-0.15, -0.1) is 0 Å². The first-order chi connectivity index (χ1) is 9.69. The fourth-order valence-corrected chi connectivity index (χ4v) is 2.10. The van der Waals surface area contributed by atoms with Crippen molar-refractivity contribution in [2.75, 3.05) is 13.1 Å². The Morgan fingerprint density at radius 1 is 1.24 bits per heavy atom. The summed E-state index contributed by atoms with van der Waals surface area (Å²) < 4.78 is 5.19. The van der Waals surface area contributed by atoms with Crippen LogP contribution in [0.15, 0.2) is 18.2 Å². The van der Waals surface area contributed by atoms with Crippen molar-refractivity contribution >= 4 is 6.09 Å². The van der Waals surface area contributed by atoms with Gasteiger partial charge in [-0.25, -0.2) is 4.79 Å². The van der Waals surface area contributed by atoms with Gasteiger partial charge in [0.1, 0.15) is 5.60 Å². The van der Waals surface area contributed by atoms with Crippen LogP contribution in [0.25, 0.3) is 0 Å². The third-order valence-electron chi connectivity index (χ3n) is 3.14. The normalized spacial score (nSPS) is 12.9. The molecule has 1 rings (SSSR count). The van der Waals surface area contributed by atoms with Crippen molar-refractivity contribution in [2.45, 2.75) is 53.2 Å². The number of alkyl carbamates (subject to hydrolysis) is 1. The third-order valence-corrected chi connectivity index (χ3v) is 3.14. The highest BCUT2D eigenvalue weighted by Gasteiger charge is 2.15. The SMILES string of the molecule is Cc1ccc(C)c(C(C)NCCNC(=O)OC(C)(C)C)c1. The second-order valence-electron chi connectivity index (χ2n) is 6.46. The molecule has 0 spiro atoms. The Bertz CT molecular complexity index is 478. The minimum atomic E-state index is -0.455. The number of hydrogen-bond acceptors (Lipinski definition) is 3. The van der Waals surface area contributed by atoms with Crippen molar-refractivity contribution in [1.82, 2.24) is 10.6 Å². The minimum absolute atomic E-state index is 0.255. The molecular formula is C17H28N2O2. The maximum absolute atomic E-state index is 11.5. The standard InChI is InChI=1S/C17H28N2O2/c1-12-7-8-13(2)15(11-12)14(3)18-9-10-19-16(20)21-17(4,5)6/h7-8,11,14,18H,9-10H2,1-6H3,(H,19,20). The van der Waals surface area contributed by atoms with Gasteiger partial charge in [0, 0.05) is 19.1 Å². The van der Waals surface area contributed by atoms with E-state index in [-0.39, 0.29) is 12.1 Å². The monoisotopic (exact) mass is 292 g/mol. The summed E-state index contributed by atoms with van der Waals surface area (Å²) in [6.45, 7) is 13.2. The molecule has 118 valence electrons. The molecule has 0 aromatic heterocycles. The summed E-state index contributed by atoms with van der Waals surface area (Å²) in [6.07, 6.45) is -0.372. The van der Waals surface area contributed by atoms with Gasteiger partial charge in [0.2, 0.25) is 0 Å². The van der Waals surface area contributed by atoms with Gasteiger partial charge in [-0.2, -0.15) is 0 Å². The zero-order valence-corrected chi connectivity index (χ0v) is 14.0. The Labute approximate surface area is 128 Å². The second-order valence-corrected chi connectivity index (χ2v) is 6.46. The molecule has 0 saturated heterocycles. The Hall–Kier alpha value is -1.55. The van der Waals surface area contributed by atoms with Gasteiger partial charge >= 0.3 is 6.09 Å². The molecule has 0 aliphatic carbocycles. The minimum Gasteiger partial charge on any atom is -0.444 e. The molecule has 0 bridgehead atoms. The summed E-state index contributed by atoms with van der Waals surface area (Å²) in [4.78, 5) is 11.5. The maximum atomic E-state index is 11.5. The van der Waals surface area contributed by atoms with Crippen molar-refractivity contribution in [3.8, 4) is 0 Å². The molecule has 1 aromatic carbocycles. The van der Waals surface area contributed by atoms with E-state index in [4.69, 9.17) is 4.74 Å². The van der Waals surface area contributed by atoms with Crippen LogP contribution < -0.4 is 10.6 Å². The van der Waals surface area contributed by atoms with E-state index in [9.17, 15) is 4.79 Å². The van der Waals surface area contributed by atoms with E-state index in [2.05, 4.69) is 49.6 Å². The smallest absolute Gasteiger partial charge is 0.407 e. The summed E-state index contributed by atoms with van der Waals surface area (Å²) in [5, 5.41) is 6.16. The number of ether oxygens (including phenoxy) is 1. The van der Waals surface area contributed by atoms with Gasteiger partial charge in [0.05, 0.1) is 0 Å². The van der Waals surface area contributed by atoms with Crippen LogP contribution in [0.3, 0.4) is 0 Å². The molecule has 1 unspecified atom stereocenters. The Balaban J connectivity index is 2.36. The molecule has 21 heavy (non-hydrogen) atoms. The van der Waals surface area contributed by atoms with E-state index in [1.807, 2.05) is 20.8 Å². The number of nitrogens with one attached hydrogen (secondary N) is 2. The molecule has 0 saturated carbocycles. The molecule has 1 atom stereocenters. The van der Waals surface area contributed by atoms with E-state index in [1.54, 1.807) is 0 Å². The Kier molecular flexibility index (Phi) is 6.21. The van der Waals surface area contributed by atoms with Crippen molar-refractivity contribution in [2.24, 2.45) is 0 Å². The van der Waals surface area contributed by atoms with Crippen LogP contribution in [-0.4, -0.2) is 24.8 Å². The topological polar surface area (TPSA) is 50.4 Å². The predicted molar refractivity (Wildman–Crippen MR) is 86.6 cm³/mol. The molecule has 1 amide bonds. The van der Waals surface area contributed by atoms with Crippen LogP contribution in [0.5, 0.6) is 0 Å². The summed E-state index contributed by atoms with van der Waals surface area (Å²) >= 11 is 0. The maximum Gasteiger partial charge on any atom is 0.407 e. The lowest BCUT2D eigenvalue weighted by Gasteiger charge is -2.20. The molecule has 4 heteroatoms. The average Bonchev–Trinajstić information content (AvgIpc) is 2.35. The number of hydrogen-bond donors (Lipinski definition) is 2. The highest BCUT2D eigenvalue weighted by Crippen LogP contribution is 2.18. The third kappa shape index (κ3) is 6.63. The first kappa shape index (κ1) is 17.5. The fraction of sp³-hybridized carbons (Fsp3) is 0.588. The van der Waals surface area contributed by atoms with Gasteiger partial charge in [-0.1, -0.05) is 23.8 Å². The van der Waals surface area contributed by atoms with Gasteiger partial charge in [0.25, 0.3) is 0 Å². The number of carbonyl (C=O) groups excluding carboxylic acids is 1. The molecule has 1 aromatic rings. The molecule has 0 heterocycles. The molecule has 0 radical (unpaired) electrons. The van der Waals surface area contributed by atoms with Gasteiger partial charge in [0.15, 0.2) is 0 Å². The fourth-order valence-electron chi connectivity index (χ4n) is 2.10. The van der Waals surface area contributed by atoms with Crippen LogP contribution in [-0.2, 0) is 4.74 Å². The van der Waals surface area contributed by atoms with Crippen LogP contribution in [0.2, 0.25) is 0 Å². The quantitative estimate of drug-likeness (QED) is 0.817. The summed E-state index contributed by atoms with van der Waals surface area (Å²) in [5.74, 6) is 0. The second kappa shape index (κ2) is 7.46. The number of amides is 1. The molecule has 0 aliphatic rings. The van der Waals surface area contributed by atoms with Crippen LogP contribution in [0, 0.1) is 13.8 Å². The van der Waals surface area contributed by atoms with Crippen LogP contribution in [0.1, 0.15) is 50.4 Å². The predicted octanol–water partition coefficient (Wildman–Crippen LogP) is 3.48. The Morgan fingerprint density at radius 2 is 1.90 bits per heavy atom. The number of rotatable bonds is 5. The number of benzene rings is 1. The van der Waals surface area contributed by atoms with Gasteiger partial charge in [-0.05, 0) is 52.7 Å². The number of aryl methyl sites for hydroxylation is 2. The summed E-state index contributed by atoms with van der Waals surface area (Å²) in [6, 6.07) is 6.72. The summed E-state index contributed by atoms with van der Waals surface area (Å²) in [5.41, 5.74) is 3.38. The molecular weight excluding hydrogens is 264 g/mol. The van der Waals surface area contributed by atoms with Crippen LogP contribution >= 0.6 is 0 Å². The largest absolute Gasteiger partial charge is 0.444 e. The lowest BCUT2D eigenvalue weighted by atomic mass is 10.00. The lowest BCUT2D eigenvalue weighted by molar-refractivity contribution is 0.0528. The summed E-state index contributed by atoms with van der Waals surface area (Å²) in [7, 11) is 0. The molecule has 4 nitrogen and oxygen atoms in total. The van der Waals surface area contributed by atoms with E-state index >= 15 is 0 Å². The first-order valence-electron chi connectivity index (χ1n) is 7.46. The molecule has 2 N–H and O–H groups in total. The highest BCUT2D eigenvalue weighted by atomic mass is 16.6. The van der Waals surface area contributed by atoms with E-state index in [0.29, 0.717) is 13.1 Å².